The molecule has 3 aliphatic rings. The van der Waals surface area contributed by atoms with Gasteiger partial charge in [0.05, 0.1) is 12.8 Å². The number of piperidine rings is 1. The van der Waals surface area contributed by atoms with E-state index in [0.717, 1.165) is 19.4 Å². The van der Waals surface area contributed by atoms with E-state index in [4.69, 9.17) is 0 Å². The van der Waals surface area contributed by atoms with E-state index in [-0.39, 0.29) is 5.91 Å². The summed E-state index contributed by atoms with van der Waals surface area (Å²) in [5.41, 5.74) is 0. The van der Waals surface area contributed by atoms with Crippen LogP contribution in [0.5, 0.6) is 0 Å². The van der Waals surface area contributed by atoms with Gasteiger partial charge in [-0.3, -0.25) is 9.69 Å². The minimum Gasteiger partial charge on any atom is -0.338 e. The fourth-order valence-corrected chi connectivity index (χ4v) is 5.26. The van der Waals surface area contributed by atoms with Gasteiger partial charge in [0.1, 0.15) is 0 Å². The van der Waals surface area contributed by atoms with Gasteiger partial charge < -0.3 is 4.90 Å². The van der Waals surface area contributed by atoms with Crippen LogP contribution < -0.4 is 0 Å². The molecular weight excluding hydrogens is 314 g/mol. The van der Waals surface area contributed by atoms with Gasteiger partial charge in [0.25, 0.3) is 0 Å². The van der Waals surface area contributed by atoms with E-state index in [2.05, 4.69) is 9.80 Å². The van der Waals surface area contributed by atoms with Crippen LogP contribution in [0.1, 0.15) is 38.5 Å². The third-order valence-electron chi connectivity index (χ3n) is 5.72. The van der Waals surface area contributed by atoms with Crippen LogP contribution in [0.25, 0.3) is 0 Å². The van der Waals surface area contributed by atoms with Crippen molar-refractivity contribution in [2.75, 3.05) is 45.5 Å². The van der Waals surface area contributed by atoms with Crippen LogP contribution in [0.15, 0.2) is 0 Å². The van der Waals surface area contributed by atoms with Gasteiger partial charge in [-0.1, -0.05) is 12.8 Å². The van der Waals surface area contributed by atoms with Crippen LogP contribution in [0.3, 0.4) is 0 Å². The van der Waals surface area contributed by atoms with Crippen molar-refractivity contribution in [3.63, 3.8) is 0 Å². The second-order valence-electron chi connectivity index (χ2n) is 7.28. The van der Waals surface area contributed by atoms with Crippen LogP contribution in [-0.4, -0.2) is 80.0 Å². The average Bonchev–Trinajstić information content (AvgIpc) is 2.54. The summed E-state index contributed by atoms with van der Waals surface area (Å²) in [6, 6.07) is 0.460. The number of nitrogens with zero attached hydrogens (tertiary/aromatic N) is 3. The zero-order chi connectivity index (χ0) is 16.4. The molecule has 0 N–H and O–H groups in total. The minimum absolute atomic E-state index is 0.245. The van der Waals surface area contributed by atoms with Crippen LogP contribution in [0.4, 0.5) is 0 Å². The number of amides is 1. The normalized spacial score (nSPS) is 30.9. The first-order valence-corrected chi connectivity index (χ1v) is 10.8. The maximum Gasteiger partial charge on any atom is 0.237 e. The number of fused-ring (bicyclic) bond motifs is 1. The fourth-order valence-electron chi connectivity index (χ4n) is 4.44. The molecule has 7 heteroatoms. The Morgan fingerprint density at radius 2 is 1.61 bits per heavy atom. The maximum absolute atomic E-state index is 12.8. The molecule has 0 spiro atoms. The van der Waals surface area contributed by atoms with Crippen LogP contribution in [0.2, 0.25) is 0 Å². The topological polar surface area (TPSA) is 60.9 Å². The highest BCUT2D eigenvalue weighted by molar-refractivity contribution is 7.88. The van der Waals surface area contributed by atoms with E-state index in [1.165, 1.54) is 36.2 Å². The third-order valence-corrected chi connectivity index (χ3v) is 7.03. The molecule has 0 radical (unpaired) electrons. The van der Waals surface area contributed by atoms with Crippen molar-refractivity contribution < 1.29 is 13.2 Å². The quantitative estimate of drug-likeness (QED) is 0.758. The molecule has 0 bridgehead atoms. The Labute approximate surface area is 139 Å². The van der Waals surface area contributed by atoms with Gasteiger partial charge in [-0.15, -0.1) is 0 Å². The lowest BCUT2D eigenvalue weighted by molar-refractivity contribution is -0.139. The molecule has 1 aliphatic carbocycles. The van der Waals surface area contributed by atoms with E-state index in [1.54, 1.807) is 0 Å². The first-order valence-electron chi connectivity index (χ1n) is 8.92. The molecule has 2 saturated heterocycles. The Morgan fingerprint density at radius 1 is 0.957 bits per heavy atom. The summed E-state index contributed by atoms with van der Waals surface area (Å²) in [6.45, 7) is 3.65. The molecular formula is C16H29N3O3S. The largest absolute Gasteiger partial charge is 0.338 e. The number of piperazine rings is 1. The highest BCUT2D eigenvalue weighted by Crippen LogP contribution is 2.35. The Bertz CT molecular complexity index is 527. The maximum atomic E-state index is 12.8. The van der Waals surface area contributed by atoms with Crippen molar-refractivity contribution in [2.24, 2.45) is 5.92 Å². The summed E-state index contributed by atoms with van der Waals surface area (Å²) in [6.07, 6.45) is 8.68. The van der Waals surface area contributed by atoms with E-state index >= 15 is 0 Å². The van der Waals surface area contributed by atoms with Crippen molar-refractivity contribution in [1.29, 1.82) is 0 Å². The molecule has 23 heavy (non-hydrogen) atoms. The molecule has 1 amide bonds. The summed E-state index contributed by atoms with van der Waals surface area (Å²) in [5, 5.41) is 0. The minimum atomic E-state index is -3.10. The molecule has 0 aromatic carbocycles. The summed E-state index contributed by atoms with van der Waals surface area (Å²) >= 11 is 0. The van der Waals surface area contributed by atoms with Gasteiger partial charge in [0.15, 0.2) is 0 Å². The Balaban J connectivity index is 1.53. The van der Waals surface area contributed by atoms with E-state index < -0.39 is 10.0 Å². The number of hydrogen-bond acceptors (Lipinski definition) is 4. The summed E-state index contributed by atoms with van der Waals surface area (Å²) < 4.78 is 24.6. The molecule has 132 valence electrons. The molecule has 6 nitrogen and oxygen atoms in total. The molecule has 2 heterocycles. The number of sulfonamides is 1. The van der Waals surface area contributed by atoms with Crippen molar-refractivity contribution in [1.82, 2.24) is 14.1 Å². The Hall–Kier alpha value is -0.660. The van der Waals surface area contributed by atoms with E-state index in [1.807, 2.05) is 0 Å². The second kappa shape index (κ2) is 7.07. The average molecular weight is 343 g/mol. The number of likely N-dealkylation sites (tertiary alicyclic amines) is 1. The van der Waals surface area contributed by atoms with Crippen LogP contribution in [-0.2, 0) is 14.8 Å². The first kappa shape index (κ1) is 17.2. The zero-order valence-electron chi connectivity index (χ0n) is 14.1. The van der Waals surface area contributed by atoms with Gasteiger partial charge in [0, 0.05) is 38.8 Å². The summed E-state index contributed by atoms with van der Waals surface area (Å²) in [5.74, 6) is 0.956. The molecule has 0 aromatic heterocycles. The molecule has 2 unspecified atom stereocenters. The molecule has 3 fully saturated rings. The van der Waals surface area contributed by atoms with E-state index in [0.29, 0.717) is 44.7 Å². The van der Waals surface area contributed by atoms with Gasteiger partial charge >= 0.3 is 0 Å². The number of carbonyl (C=O) groups excluding carboxylic acids is 1. The number of carbonyl (C=O) groups is 1. The van der Waals surface area contributed by atoms with Gasteiger partial charge in [-0.05, 0) is 31.6 Å². The molecule has 0 aromatic rings. The van der Waals surface area contributed by atoms with Crippen molar-refractivity contribution in [3.05, 3.63) is 0 Å². The van der Waals surface area contributed by atoms with Crippen molar-refractivity contribution in [3.8, 4) is 0 Å². The second-order valence-corrected chi connectivity index (χ2v) is 9.26. The lowest BCUT2D eigenvalue weighted by Gasteiger charge is -2.45. The standard InChI is InChI=1S/C16H29N3O3S/c1-23(21,22)18-11-9-17(10-12-18)13-16(20)19-8-4-6-14-5-2-3-7-15(14)19/h14-15H,2-13H2,1H3. The van der Waals surface area contributed by atoms with E-state index in [9.17, 15) is 13.2 Å². The smallest absolute Gasteiger partial charge is 0.237 e. The molecule has 1 saturated carbocycles. The highest BCUT2D eigenvalue weighted by atomic mass is 32.2. The van der Waals surface area contributed by atoms with Crippen molar-refractivity contribution >= 4 is 15.9 Å². The molecule has 2 atom stereocenters. The monoisotopic (exact) mass is 343 g/mol. The van der Waals surface area contributed by atoms with Gasteiger partial charge in [-0.25, -0.2) is 8.42 Å². The molecule has 3 rings (SSSR count). The predicted molar refractivity (Wildman–Crippen MR) is 89.5 cm³/mol. The highest BCUT2D eigenvalue weighted by Gasteiger charge is 2.36. The number of rotatable bonds is 3. The summed E-state index contributed by atoms with van der Waals surface area (Å²) in [4.78, 5) is 17.0. The lowest BCUT2D eigenvalue weighted by atomic mass is 9.78. The first-order chi connectivity index (χ1) is 10.9. The lowest BCUT2D eigenvalue weighted by Crippen LogP contribution is -2.55. The van der Waals surface area contributed by atoms with Crippen molar-refractivity contribution in [2.45, 2.75) is 44.6 Å². The van der Waals surface area contributed by atoms with Gasteiger partial charge in [0.2, 0.25) is 15.9 Å². The Morgan fingerprint density at radius 3 is 2.30 bits per heavy atom. The fraction of sp³-hybridized carbons (Fsp3) is 0.938. The predicted octanol–water partition coefficient (Wildman–Crippen LogP) is 0.745. The number of hydrogen-bond donors (Lipinski definition) is 0. The third kappa shape index (κ3) is 4.06. The van der Waals surface area contributed by atoms with Gasteiger partial charge in [-0.2, -0.15) is 4.31 Å². The SMILES string of the molecule is CS(=O)(=O)N1CCN(CC(=O)N2CCCC3CCCCC32)CC1. The van der Waals surface area contributed by atoms with Crippen LogP contribution in [0, 0.1) is 5.92 Å². The zero-order valence-corrected chi connectivity index (χ0v) is 14.9. The Kier molecular flexibility index (Phi) is 5.28. The van der Waals surface area contributed by atoms with Crippen LogP contribution >= 0.6 is 0 Å². The molecule has 2 aliphatic heterocycles. The summed E-state index contributed by atoms with van der Waals surface area (Å²) in [7, 11) is -3.10.